The second kappa shape index (κ2) is 10.2. The Morgan fingerprint density at radius 2 is 1.71 bits per heavy atom. The highest BCUT2D eigenvalue weighted by Gasteiger charge is 2.41. The van der Waals surface area contributed by atoms with Gasteiger partial charge in [0.2, 0.25) is 10.0 Å². The number of sulfonamides is 1. The fraction of sp³-hybridized carbons (Fsp3) is 0.409. The lowest BCUT2D eigenvalue weighted by atomic mass is 9.93. The van der Waals surface area contributed by atoms with Gasteiger partial charge in [-0.3, -0.25) is 5.32 Å². The van der Waals surface area contributed by atoms with E-state index in [-0.39, 0.29) is 42.3 Å². The van der Waals surface area contributed by atoms with Gasteiger partial charge in [-0.2, -0.15) is 17.5 Å². The molecule has 0 saturated carbocycles. The topological polar surface area (TPSA) is 105 Å². The van der Waals surface area contributed by atoms with Crippen LogP contribution in [0.25, 0.3) is 0 Å². The molecule has 3 rings (SSSR count). The number of carbonyl (C=O) groups excluding carboxylic acids is 1. The van der Waals surface area contributed by atoms with Crippen LogP contribution in [0, 0.1) is 0 Å². The first-order chi connectivity index (χ1) is 15.9. The Morgan fingerprint density at radius 3 is 2.24 bits per heavy atom. The van der Waals surface area contributed by atoms with Crippen LogP contribution in [0.15, 0.2) is 59.5 Å². The summed E-state index contributed by atoms with van der Waals surface area (Å²) in [4.78, 5) is 12.5. The Balaban J connectivity index is 1.57. The maximum atomic E-state index is 12.8. The van der Waals surface area contributed by atoms with Crippen molar-refractivity contribution in [2.45, 2.75) is 42.5 Å². The molecule has 0 radical (unpaired) electrons. The predicted octanol–water partition coefficient (Wildman–Crippen LogP) is 3.78. The van der Waals surface area contributed by atoms with Crippen LogP contribution in [0.5, 0.6) is 5.75 Å². The van der Waals surface area contributed by atoms with Gasteiger partial charge in [-0.05, 0) is 43.3 Å². The highest BCUT2D eigenvalue weighted by atomic mass is 32.2. The van der Waals surface area contributed by atoms with E-state index in [0.717, 1.165) is 6.92 Å². The van der Waals surface area contributed by atoms with Crippen LogP contribution in [-0.2, 0) is 14.8 Å². The smallest absolute Gasteiger partial charge is 0.425 e. The zero-order chi connectivity index (χ0) is 25.0. The molecule has 1 unspecified atom stereocenters. The van der Waals surface area contributed by atoms with Crippen molar-refractivity contribution in [2.24, 2.45) is 0 Å². The molecule has 0 bridgehead atoms. The van der Waals surface area contributed by atoms with Crippen molar-refractivity contribution in [1.29, 1.82) is 0 Å². The van der Waals surface area contributed by atoms with E-state index in [0.29, 0.717) is 0 Å². The third-order valence-electron chi connectivity index (χ3n) is 5.49. The number of anilines is 1. The molecule has 8 nitrogen and oxygen atoms in total. The van der Waals surface area contributed by atoms with Crippen LogP contribution in [0.2, 0.25) is 0 Å². The third-order valence-corrected chi connectivity index (χ3v) is 7.40. The maximum absolute atomic E-state index is 12.8. The van der Waals surface area contributed by atoms with Crippen molar-refractivity contribution < 1.29 is 41.0 Å². The van der Waals surface area contributed by atoms with E-state index >= 15 is 0 Å². The number of nitrogens with zero attached hydrogens (tertiary/aromatic N) is 1. The Morgan fingerprint density at radius 1 is 1.12 bits per heavy atom. The molecular formula is C22H25F3N2O6S. The van der Waals surface area contributed by atoms with Gasteiger partial charge in [-0.1, -0.05) is 18.2 Å². The van der Waals surface area contributed by atoms with Crippen molar-refractivity contribution in [2.75, 3.05) is 25.0 Å². The summed E-state index contributed by atoms with van der Waals surface area (Å²) in [6.07, 6.45) is -7.20. The molecule has 0 spiro atoms. The van der Waals surface area contributed by atoms with Gasteiger partial charge in [0.25, 0.3) is 0 Å². The number of nitrogens with one attached hydrogen (secondary N) is 1. The minimum Gasteiger partial charge on any atom is -0.481 e. The van der Waals surface area contributed by atoms with Crippen molar-refractivity contribution in [3.05, 3.63) is 54.6 Å². The highest BCUT2D eigenvalue weighted by Crippen LogP contribution is 2.30. The Labute approximate surface area is 195 Å². The van der Waals surface area contributed by atoms with Gasteiger partial charge in [0, 0.05) is 31.6 Å². The summed E-state index contributed by atoms with van der Waals surface area (Å²) in [5.74, 6) is -0.0254. The van der Waals surface area contributed by atoms with Crippen molar-refractivity contribution in [3.8, 4) is 5.75 Å². The van der Waals surface area contributed by atoms with Crippen LogP contribution in [0.1, 0.15) is 19.8 Å². The monoisotopic (exact) mass is 502 g/mol. The first-order valence-corrected chi connectivity index (χ1v) is 11.9. The molecule has 1 heterocycles. The van der Waals surface area contributed by atoms with Gasteiger partial charge in [-0.15, -0.1) is 0 Å². The van der Waals surface area contributed by atoms with Crippen LogP contribution in [-0.4, -0.2) is 61.5 Å². The SMILES string of the molecule is CC(Oc1ccc(NC(=O)OC2(CO)CCN(S(=O)(=O)c3ccccc3)CC2)cc1)C(F)(F)F. The van der Waals surface area contributed by atoms with Gasteiger partial charge in [0.05, 0.1) is 11.5 Å². The molecule has 186 valence electrons. The molecule has 2 aromatic rings. The molecule has 1 aliphatic heterocycles. The largest absolute Gasteiger partial charge is 0.481 e. The Bertz CT molecular complexity index is 1070. The third kappa shape index (κ3) is 6.19. The Kier molecular flexibility index (Phi) is 7.74. The van der Waals surface area contributed by atoms with Crippen molar-refractivity contribution in [3.63, 3.8) is 0 Å². The van der Waals surface area contributed by atoms with Crippen LogP contribution >= 0.6 is 0 Å². The number of halogens is 3. The quantitative estimate of drug-likeness (QED) is 0.597. The summed E-state index contributed by atoms with van der Waals surface area (Å²) in [5.41, 5.74) is -1.02. The van der Waals surface area contributed by atoms with Gasteiger partial charge < -0.3 is 14.6 Å². The molecule has 1 atom stereocenters. The molecule has 1 amide bonds. The number of carbonyl (C=O) groups is 1. The number of piperidine rings is 1. The number of hydrogen-bond acceptors (Lipinski definition) is 6. The predicted molar refractivity (Wildman–Crippen MR) is 117 cm³/mol. The molecule has 2 aromatic carbocycles. The van der Waals surface area contributed by atoms with E-state index in [1.807, 2.05) is 0 Å². The summed E-state index contributed by atoms with van der Waals surface area (Å²) >= 11 is 0. The normalized spacial score (nSPS) is 17.6. The Hall–Kier alpha value is -2.83. The number of alkyl halides is 3. The zero-order valence-electron chi connectivity index (χ0n) is 18.3. The minimum atomic E-state index is -4.50. The average Bonchev–Trinajstić information content (AvgIpc) is 2.80. The first-order valence-electron chi connectivity index (χ1n) is 10.4. The molecule has 0 aromatic heterocycles. The van der Waals surface area contributed by atoms with Gasteiger partial charge in [0.1, 0.15) is 11.4 Å². The number of benzene rings is 2. The fourth-order valence-corrected chi connectivity index (χ4v) is 4.86. The summed E-state index contributed by atoms with van der Waals surface area (Å²) in [7, 11) is -3.71. The molecule has 2 N–H and O–H groups in total. The molecule has 12 heteroatoms. The van der Waals surface area contributed by atoms with Crippen molar-refractivity contribution >= 4 is 21.8 Å². The van der Waals surface area contributed by atoms with Gasteiger partial charge >= 0.3 is 12.3 Å². The first kappa shape index (κ1) is 25.8. The van der Waals surface area contributed by atoms with Crippen LogP contribution in [0.3, 0.4) is 0 Å². The van der Waals surface area contributed by atoms with Crippen LogP contribution < -0.4 is 10.1 Å². The highest BCUT2D eigenvalue weighted by molar-refractivity contribution is 7.89. The molecule has 1 saturated heterocycles. The lowest BCUT2D eigenvalue weighted by Crippen LogP contribution is -2.51. The van der Waals surface area contributed by atoms with E-state index in [4.69, 9.17) is 9.47 Å². The summed E-state index contributed by atoms with van der Waals surface area (Å²) < 4.78 is 74.9. The summed E-state index contributed by atoms with van der Waals surface area (Å²) in [6, 6.07) is 13.2. The van der Waals surface area contributed by atoms with E-state index in [9.17, 15) is 31.5 Å². The molecule has 34 heavy (non-hydrogen) atoms. The average molecular weight is 503 g/mol. The van der Waals surface area contributed by atoms with Gasteiger partial charge in [0.15, 0.2) is 6.10 Å². The van der Waals surface area contributed by atoms with E-state index in [1.165, 1.54) is 40.7 Å². The number of amides is 1. The minimum absolute atomic E-state index is 0.0254. The van der Waals surface area contributed by atoms with Crippen molar-refractivity contribution in [1.82, 2.24) is 4.31 Å². The lowest BCUT2D eigenvalue weighted by Gasteiger charge is -2.39. The lowest BCUT2D eigenvalue weighted by molar-refractivity contribution is -0.189. The van der Waals surface area contributed by atoms with E-state index < -0.39 is 40.6 Å². The summed E-state index contributed by atoms with van der Waals surface area (Å²) in [5, 5.41) is 12.3. The van der Waals surface area contributed by atoms with E-state index in [2.05, 4.69) is 5.32 Å². The number of rotatable bonds is 7. The fourth-order valence-electron chi connectivity index (χ4n) is 3.40. The second-order valence-electron chi connectivity index (χ2n) is 7.90. The van der Waals surface area contributed by atoms with Gasteiger partial charge in [-0.25, -0.2) is 13.2 Å². The number of aliphatic hydroxyl groups is 1. The van der Waals surface area contributed by atoms with E-state index in [1.54, 1.807) is 18.2 Å². The summed E-state index contributed by atoms with van der Waals surface area (Å²) in [6.45, 7) is 0.485. The molecule has 1 fully saturated rings. The molecule has 1 aliphatic rings. The number of ether oxygens (including phenoxy) is 2. The van der Waals surface area contributed by atoms with Crippen LogP contribution in [0.4, 0.5) is 23.7 Å². The standard InChI is InChI=1S/C22H25F3N2O6S/c1-16(22(23,24)25)32-18-9-7-17(8-10-18)26-20(29)33-21(15-28)11-13-27(14-12-21)34(30,31)19-5-3-2-4-6-19/h2-10,16,28H,11-15H2,1H3,(H,26,29). The maximum Gasteiger partial charge on any atom is 0.425 e. The number of aliphatic hydroxyl groups excluding tert-OH is 1. The molecule has 0 aliphatic carbocycles. The number of hydrogen-bond donors (Lipinski definition) is 2. The zero-order valence-corrected chi connectivity index (χ0v) is 19.1. The molecular weight excluding hydrogens is 477 g/mol. The second-order valence-corrected chi connectivity index (χ2v) is 9.84.